The van der Waals surface area contributed by atoms with Gasteiger partial charge in [-0.15, -0.1) is 0 Å². The van der Waals surface area contributed by atoms with Crippen LogP contribution in [0.3, 0.4) is 0 Å². The Morgan fingerprint density at radius 3 is 2.43 bits per heavy atom. The summed E-state index contributed by atoms with van der Waals surface area (Å²) in [4.78, 5) is 18.0. The maximum Gasteiger partial charge on any atom is 0.358 e. The molecule has 0 spiro atoms. The number of nitrogens with one attached hydrogen (secondary N) is 1. The van der Waals surface area contributed by atoms with Gasteiger partial charge in [0, 0.05) is 12.4 Å². The summed E-state index contributed by atoms with van der Waals surface area (Å²) < 4.78 is 26.4. The van der Waals surface area contributed by atoms with E-state index < -0.39 is 27.5 Å². The number of halogens is 2. The molecule has 0 saturated heterocycles. The van der Waals surface area contributed by atoms with Gasteiger partial charge >= 0.3 is 5.97 Å². The summed E-state index contributed by atoms with van der Waals surface area (Å²) in [7, 11) is -4.07. The fourth-order valence-corrected chi connectivity index (χ4v) is 2.80. The minimum atomic E-state index is -4.07. The molecule has 0 bridgehead atoms. The molecule has 7 nitrogen and oxygen atoms in total. The molecular weight excluding hydrogens is 341 g/mol. The predicted molar refractivity (Wildman–Crippen MR) is 76.3 cm³/mol. The van der Waals surface area contributed by atoms with Crippen molar-refractivity contribution in [1.29, 1.82) is 0 Å². The van der Waals surface area contributed by atoms with Gasteiger partial charge in [-0.1, -0.05) is 23.2 Å². The van der Waals surface area contributed by atoms with E-state index in [1.165, 1.54) is 18.3 Å². The third-order valence-electron chi connectivity index (χ3n) is 2.33. The van der Waals surface area contributed by atoms with Crippen molar-refractivity contribution in [3.05, 3.63) is 46.3 Å². The number of sulfonamides is 1. The van der Waals surface area contributed by atoms with Crippen LogP contribution in [0.1, 0.15) is 10.5 Å². The van der Waals surface area contributed by atoms with Gasteiger partial charge in [0.05, 0.1) is 14.9 Å². The first-order valence-corrected chi connectivity index (χ1v) is 7.57. The van der Waals surface area contributed by atoms with E-state index in [0.29, 0.717) is 0 Å². The third-order valence-corrected chi connectivity index (χ3v) is 4.41. The van der Waals surface area contributed by atoms with E-state index in [9.17, 15) is 13.2 Å². The Kier molecular flexibility index (Phi) is 4.31. The number of carboxylic acid groups (broad SMARTS) is 1. The Morgan fingerprint density at radius 2 is 1.81 bits per heavy atom. The number of hydrogen-bond acceptors (Lipinski definition) is 5. The van der Waals surface area contributed by atoms with Gasteiger partial charge in [0.25, 0.3) is 10.0 Å². The van der Waals surface area contributed by atoms with Crippen molar-refractivity contribution in [2.24, 2.45) is 0 Å². The van der Waals surface area contributed by atoms with Crippen molar-refractivity contribution in [2.45, 2.75) is 4.90 Å². The fourth-order valence-electron chi connectivity index (χ4n) is 1.40. The molecule has 2 aromatic rings. The smallest absolute Gasteiger partial charge is 0.358 e. The van der Waals surface area contributed by atoms with Gasteiger partial charge < -0.3 is 5.11 Å². The monoisotopic (exact) mass is 347 g/mol. The minimum absolute atomic E-state index is 0.0529. The molecule has 2 rings (SSSR count). The van der Waals surface area contributed by atoms with E-state index in [4.69, 9.17) is 28.3 Å². The molecule has 0 fully saturated rings. The highest BCUT2D eigenvalue weighted by Crippen LogP contribution is 2.26. The number of nitrogens with zero attached hydrogens (tertiary/aromatic N) is 2. The summed E-state index contributed by atoms with van der Waals surface area (Å²) in [5.74, 6) is -1.80. The van der Waals surface area contributed by atoms with Crippen LogP contribution in [0.5, 0.6) is 0 Å². The van der Waals surface area contributed by atoms with Crippen LogP contribution in [0.25, 0.3) is 0 Å². The van der Waals surface area contributed by atoms with Crippen LogP contribution in [0, 0.1) is 0 Å². The molecule has 0 radical (unpaired) electrons. The first-order valence-electron chi connectivity index (χ1n) is 5.33. The number of hydrogen-bond donors (Lipinski definition) is 2. The van der Waals surface area contributed by atoms with Crippen molar-refractivity contribution in [3.63, 3.8) is 0 Å². The average Bonchev–Trinajstić information content (AvgIpc) is 2.41. The zero-order valence-corrected chi connectivity index (χ0v) is 12.4. The molecule has 0 aliphatic heterocycles. The Morgan fingerprint density at radius 1 is 1.14 bits per heavy atom. The Balaban J connectivity index is 2.42. The van der Waals surface area contributed by atoms with Crippen LogP contribution in [0.2, 0.25) is 10.0 Å². The number of benzene rings is 1. The van der Waals surface area contributed by atoms with Crippen molar-refractivity contribution < 1.29 is 18.3 Å². The first-order chi connectivity index (χ1) is 9.81. The molecule has 0 aliphatic carbocycles. The van der Waals surface area contributed by atoms with Gasteiger partial charge in [0.2, 0.25) is 0 Å². The molecule has 110 valence electrons. The van der Waals surface area contributed by atoms with E-state index in [0.717, 1.165) is 12.3 Å². The number of aromatic nitrogens is 2. The molecule has 1 heterocycles. The van der Waals surface area contributed by atoms with Gasteiger partial charge in [-0.3, -0.25) is 4.72 Å². The lowest BCUT2D eigenvalue weighted by Crippen LogP contribution is -2.17. The first kappa shape index (κ1) is 15.5. The highest BCUT2D eigenvalue weighted by Gasteiger charge is 2.21. The molecule has 0 aliphatic rings. The molecule has 1 aromatic carbocycles. The zero-order chi connectivity index (χ0) is 15.6. The largest absolute Gasteiger partial charge is 0.476 e. The molecule has 10 heteroatoms. The molecule has 0 saturated carbocycles. The van der Waals surface area contributed by atoms with Crippen molar-refractivity contribution in [3.8, 4) is 0 Å². The predicted octanol–water partition coefficient (Wildman–Crippen LogP) is 2.28. The summed E-state index contributed by atoms with van der Waals surface area (Å²) >= 11 is 11.5. The highest BCUT2D eigenvalue weighted by atomic mass is 35.5. The molecule has 0 atom stereocenters. The molecule has 0 amide bonds. The van der Waals surface area contributed by atoms with E-state index in [1.807, 2.05) is 4.72 Å². The van der Waals surface area contributed by atoms with Crippen LogP contribution in [0.15, 0.2) is 35.5 Å². The molecule has 2 N–H and O–H groups in total. The van der Waals surface area contributed by atoms with Crippen molar-refractivity contribution >= 4 is 45.0 Å². The van der Waals surface area contributed by atoms with Crippen LogP contribution in [0.4, 0.5) is 5.82 Å². The summed E-state index contributed by atoms with van der Waals surface area (Å²) in [6.45, 7) is 0. The number of carboxylic acids is 1. The molecule has 1 aromatic heterocycles. The molecule has 0 unspecified atom stereocenters. The second-order valence-corrected chi connectivity index (χ2v) is 6.24. The molecular formula is C11H7Cl2N3O4S. The quantitative estimate of drug-likeness (QED) is 0.877. The zero-order valence-electron chi connectivity index (χ0n) is 10.1. The van der Waals surface area contributed by atoms with Crippen LogP contribution < -0.4 is 4.72 Å². The third kappa shape index (κ3) is 3.41. The number of rotatable bonds is 4. The number of anilines is 1. The topological polar surface area (TPSA) is 109 Å². The minimum Gasteiger partial charge on any atom is -0.476 e. The maximum atomic E-state index is 12.2. The van der Waals surface area contributed by atoms with E-state index in [2.05, 4.69) is 9.97 Å². The lowest BCUT2D eigenvalue weighted by molar-refractivity contribution is 0.0691. The normalized spacial score (nSPS) is 11.1. The Bertz CT molecular complexity index is 811. The van der Waals surface area contributed by atoms with Crippen molar-refractivity contribution in [2.75, 3.05) is 4.72 Å². The summed E-state index contributed by atoms with van der Waals surface area (Å²) in [6, 6.07) is 3.68. The average molecular weight is 348 g/mol. The lowest BCUT2D eigenvalue weighted by Gasteiger charge is -2.09. The number of carbonyl (C=O) groups is 1. The van der Waals surface area contributed by atoms with Gasteiger partial charge in [-0.25, -0.2) is 23.2 Å². The van der Waals surface area contributed by atoms with Crippen molar-refractivity contribution in [1.82, 2.24) is 9.97 Å². The maximum absolute atomic E-state index is 12.2. The Labute approximate surface area is 129 Å². The van der Waals surface area contributed by atoms with Gasteiger partial charge in [-0.2, -0.15) is 0 Å². The SMILES string of the molecule is O=C(O)c1nccnc1NS(=O)(=O)c1ccc(Cl)c(Cl)c1. The van der Waals surface area contributed by atoms with Gasteiger partial charge in [0.1, 0.15) is 0 Å². The summed E-state index contributed by atoms with van der Waals surface area (Å²) in [6.07, 6.45) is 2.31. The van der Waals surface area contributed by atoms with Crippen LogP contribution >= 0.6 is 23.2 Å². The van der Waals surface area contributed by atoms with E-state index >= 15 is 0 Å². The second-order valence-electron chi connectivity index (χ2n) is 3.74. The summed E-state index contributed by atoms with van der Waals surface area (Å²) in [5, 5.41) is 9.19. The standard InChI is InChI=1S/C11H7Cl2N3O4S/c12-7-2-1-6(5-8(7)13)21(19,20)16-10-9(11(17)18)14-3-4-15-10/h1-5H,(H,15,16)(H,17,18). The highest BCUT2D eigenvalue weighted by molar-refractivity contribution is 7.92. The number of aromatic carboxylic acids is 1. The molecule has 21 heavy (non-hydrogen) atoms. The van der Waals surface area contributed by atoms with Gasteiger partial charge in [0.15, 0.2) is 11.5 Å². The lowest BCUT2D eigenvalue weighted by atomic mass is 10.4. The summed E-state index contributed by atoms with van der Waals surface area (Å²) in [5.41, 5.74) is -0.513. The van der Waals surface area contributed by atoms with Crippen LogP contribution in [-0.2, 0) is 10.0 Å². The van der Waals surface area contributed by atoms with Gasteiger partial charge in [-0.05, 0) is 18.2 Å². The Hall–Kier alpha value is -1.90. The van der Waals surface area contributed by atoms with E-state index in [-0.39, 0.29) is 14.9 Å². The fraction of sp³-hybridized carbons (Fsp3) is 0. The van der Waals surface area contributed by atoms with E-state index in [1.54, 1.807) is 0 Å². The van der Waals surface area contributed by atoms with Crippen LogP contribution in [-0.4, -0.2) is 29.5 Å². The second kappa shape index (κ2) is 5.84.